The smallest absolute Gasteiger partial charge is 0.0636 e. The van der Waals surface area contributed by atoms with Gasteiger partial charge in [0.25, 0.3) is 0 Å². The number of nitrogens with one attached hydrogen (secondary N) is 1. The third kappa shape index (κ3) is 3.11. The summed E-state index contributed by atoms with van der Waals surface area (Å²) in [5.74, 6) is 0. The number of benzene rings is 2. The van der Waals surface area contributed by atoms with Crippen LogP contribution in [0, 0.1) is 13.8 Å². The summed E-state index contributed by atoms with van der Waals surface area (Å²) < 4.78 is 0. The molecule has 0 radical (unpaired) electrons. The zero-order valence-electron chi connectivity index (χ0n) is 11.0. The Kier molecular flexibility index (Phi) is 4.00. The summed E-state index contributed by atoms with van der Waals surface area (Å²) in [6, 6.07) is 17.0. The molecule has 1 unspecified atom stereocenters. The van der Waals surface area contributed by atoms with Crippen molar-refractivity contribution in [2.45, 2.75) is 19.9 Å². The van der Waals surface area contributed by atoms with E-state index in [1.807, 2.05) is 0 Å². The van der Waals surface area contributed by atoms with Crippen molar-refractivity contribution in [1.29, 1.82) is 0 Å². The lowest BCUT2D eigenvalue weighted by Crippen LogP contribution is -2.20. The normalized spacial score (nSPS) is 12.2. The molecule has 0 saturated heterocycles. The predicted molar refractivity (Wildman–Crippen MR) is 77.8 cm³/mol. The van der Waals surface area contributed by atoms with Crippen molar-refractivity contribution in [3.63, 3.8) is 0 Å². The maximum Gasteiger partial charge on any atom is 0.0636 e. The maximum atomic E-state index is 5.86. The largest absolute Gasteiger partial charge is 0.377 e. The fraction of sp³-hybridized carbons (Fsp3) is 0.250. The minimum absolute atomic E-state index is 0.160. The molecule has 0 saturated carbocycles. The number of hydrogen-bond donors (Lipinski definition) is 2. The molecule has 0 bridgehead atoms. The summed E-state index contributed by atoms with van der Waals surface area (Å²) in [5.41, 5.74) is 10.7. The summed E-state index contributed by atoms with van der Waals surface area (Å²) in [7, 11) is 0. The number of aryl methyl sites for hydroxylation is 2. The Labute approximate surface area is 109 Å². The third-order valence-corrected chi connectivity index (χ3v) is 3.11. The lowest BCUT2D eigenvalue weighted by Gasteiger charge is -2.19. The van der Waals surface area contributed by atoms with E-state index in [0.29, 0.717) is 6.54 Å². The molecule has 0 aliphatic carbocycles. The molecule has 2 rings (SSSR count). The Hall–Kier alpha value is -1.80. The van der Waals surface area contributed by atoms with E-state index in [9.17, 15) is 0 Å². The number of anilines is 1. The van der Waals surface area contributed by atoms with E-state index in [0.717, 1.165) is 5.69 Å². The fourth-order valence-corrected chi connectivity index (χ4v) is 1.93. The van der Waals surface area contributed by atoms with Crippen LogP contribution in [0.15, 0.2) is 48.5 Å². The van der Waals surface area contributed by atoms with Gasteiger partial charge in [0.15, 0.2) is 0 Å². The predicted octanol–water partition coefficient (Wildman–Crippen LogP) is 3.42. The molecule has 18 heavy (non-hydrogen) atoms. The maximum absolute atomic E-state index is 5.86. The van der Waals surface area contributed by atoms with Crippen LogP contribution >= 0.6 is 0 Å². The molecule has 0 heterocycles. The summed E-state index contributed by atoms with van der Waals surface area (Å²) in [6.45, 7) is 4.76. The molecule has 2 nitrogen and oxygen atoms in total. The second-order valence-corrected chi connectivity index (χ2v) is 4.71. The molecule has 2 heteroatoms. The molecule has 0 aliphatic heterocycles. The van der Waals surface area contributed by atoms with Crippen molar-refractivity contribution >= 4 is 5.69 Å². The fourth-order valence-electron chi connectivity index (χ4n) is 1.93. The Morgan fingerprint density at radius 2 is 1.39 bits per heavy atom. The Morgan fingerprint density at radius 1 is 0.889 bits per heavy atom. The Balaban J connectivity index is 2.14. The number of rotatable bonds is 4. The highest BCUT2D eigenvalue weighted by Gasteiger charge is 2.08. The molecular formula is C16H20N2. The van der Waals surface area contributed by atoms with E-state index in [2.05, 4.69) is 67.7 Å². The van der Waals surface area contributed by atoms with Gasteiger partial charge in [-0.2, -0.15) is 0 Å². The molecule has 0 fully saturated rings. The molecule has 0 spiro atoms. The van der Waals surface area contributed by atoms with Crippen LogP contribution in [0.4, 0.5) is 5.69 Å². The summed E-state index contributed by atoms with van der Waals surface area (Å²) in [6.07, 6.45) is 0. The average Bonchev–Trinajstić information content (AvgIpc) is 2.39. The van der Waals surface area contributed by atoms with E-state index in [4.69, 9.17) is 5.73 Å². The van der Waals surface area contributed by atoms with Gasteiger partial charge in [-0.15, -0.1) is 0 Å². The van der Waals surface area contributed by atoms with E-state index in [-0.39, 0.29) is 6.04 Å². The Morgan fingerprint density at radius 3 is 1.89 bits per heavy atom. The summed E-state index contributed by atoms with van der Waals surface area (Å²) >= 11 is 0. The first kappa shape index (κ1) is 12.7. The Bertz CT molecular complexity index is 486. The summed E-state index contributed by atoms with van der Waals surface area (Å²) in [5, 5.41) is 3.47. The lowest BCUT2D eigenvalue weighted by atomic mass is 10.0. The van der Waals surface area contributed by atoms with Crippen molar-refractivity contribution in [2.75, 3.05) is 11.9 Å². The molecule has 2 aromatic rings. The third-order valence-electron chi connectivity index (χ3n) is 3.11. The number of hydrogen-bond acceptors (Lipinski definition) is 2. The van der Waals surface area contributed by atoms with Crippen LogP contribution in [0.2, 0.25) is 0 Å². The quantitative estimate of drug-likeness (QED) is 0.859. The zero-order valence-corrected chi connectivity index (χ0v) is 11.0. The van der Waals surface area contributed by atoms with Gasteiger partial charge >= 0.3 is 0 Å². The molecule has 2 aromatic carbocycles. The van der Waals surface area contributed by atoms with Gasteiger partial charge in [0.2, 0.25) is 0 Å². The minimum Gasteiger partial charge on any atom is -0.377 e. The van der Waals surface area contributed by atoms with E-state index < -0.39 is 0 Å². The molecule has 0 amide bonds. The first-order chi connectivity index (χ1) is 8.69. The molecule has 0 aromatic heterocycles. The van der Waals surface area contributed by atoms with Gasteiger partial charge in [-0.25, -0.2) is 0 Å². The van der Waals surface area contributed by atoms with E-state index >= 15 is 0 Å². The van der Waals surface area contributed by atoms with Crippen LogP contribution < -0.4 is 11.1 Å². The van der Waals surface area contributed by atoms with Crippen molar-refractivity contribution in [1.82, 2.24) is 0 Å². The lowest BCUT2D eigenvalue weighted by molar-refractivity contribution is 0.789. The van der Waals surface area contributed by atoms with Crippen LogP contribution in [0.25, 0.3) is 0 Å². The number of nitrogens with two attached hydrogens (primary N) is 1. The molecule has 3 N–H and O–H groups in total. The monoisotopic (exact) mass is 240 g/mol. The van der Waals surface area contributed by atoms with Gasteiger partial charge in [0.1, 0.15) is 0 Å². The molecule has 1 atom stereocenters. The summed E-state index contributed by atoms with van der Waals surface area (Å²) in [4.78, 5) is 0. The molecule has 0 aliphatic rings. The van der Waals surface area contributed by atoms with Crippen LogP contribution in [0.1, 0.15) is 22.7 Å². The van der Waals surface area contributed by atoms with Crippen molar-refractivity contribution in [3.8, 4) is 0 Å². The van der Waals surface area contributed by atoms with Gasteiger partial charge in [0.05, 0.1) is 6.04 Å². The van der Waals surface area contributed by atoms with E-state index in [1.165, 1.54) is 16.7 Å². The topological polar surface area (TPSA) is 38.0 Å². The van der Waals surface area contributed by atoms with Crippen LogP contribution in [-0.2, 0) is 0 Å². The van der Waals surface area contributed by atoms with Crippen molar-refractivity contribution in [3.05, 3.63) is 65.2 Å². The zero-order chi connectivity index (χ0) is 13.0. The molecular weight excluding hydrogens is 220 g/mol. The second kappa shape index (κ2) is 5.69. The van der Waals surface area contributed by atoms with Gasteiger partial charge in [-0.05, 0) is 31.5 Å². The van der Waals surface area contributed by atoms with Gasteiger partial charge in [-0.3, -0.25) is 0 Å². The first-order valence-corrected chi connectivity index (χ1v) is 6.29. The van der Waals surface area contributed by atoms with Crippen LogP contribution in [-0.4, -0.2) is 6.54 Å². The van der Waals surface area contributed by atoms with Crippen LogP contribution in [0.3, 0.4) is 0 Å². The highest BCUT2D eigenvalue weighted by molar-refractivity contribution is 5.47. The minimum atomic E-state index is 0.160. The van der Waals surface area contributed by atoms with Crippen molar-refractivity contribution in [2.24, 2.45) is 5.73 Å². The second-order valence-electron chi connectivity index (χ2n) is 4.71. The standard InChI is InChI=1S/C16H20N2/c1-12-3-7-14(8-4-12)16(11-17)18-15-9-5-13(2)6-10-15/h3-10,16,18H,11,17H2,1-2H3. The van der Waals surface area contributed by atoms with Gasteiger partial charge in [-0.1, -0.05) is 47.5 Å². The van der Waals surface area contributed by atoms with Crippen LogP contribution in [0.5, 0.6) is 0 Å². The van der Waals surface area contributed by atoms with Gasteiger partial charge < -0.3 is 11.1 Å². The highest BCUT2D eigenvalue weighted by atomic mass is 14.9. The highest BCUT2D eigenvalue weighted by Crippen LogP contribution is 2.19. The molecule has 94 valence electrons. The van der Waals surface area contributed by atoms with E-state index in [1.54, 1.807) is 0 Å². The first-order valence-electron chi connectivity index (χ1n) is 6.29. The SMILES string of the molecule is Cc1ccc(NC(CN)c2ccc(C)cc2)cc1. The van der Waals surface area contributed by atoms with Crippen molar-refractivity contribution < 1.29 is 0 Å². The van der Waals surface area contributed by atoms with Gasteiger partial charge in [0, 0.05) is 12.2 Å². The average molecular weight is 240 g/mol.